The molecule has 6 heteroatoms. The van der Waals surface area contributed by atoms with Gasteiger partial charge in [0.25, 0.3) is 5.91 Å². The van der Waals surface area contributed by atoms with E-state index in [4.69, 9.17) is 0 Å². The Balaban J connectivity index is 1.80. The van der Waals surface area contributed by atoms with E-state index in [1.54, 1.807) is 18.2 Å². The maximum atomic E-state index is 12.5. The first-order valence-corrected chi connectivity index (χ1v) is 7.87. The van der Waals surface area contributed by atoms with Gasteiger partial charge in [-0.05, 0) is 11.6 Å². The van der Waals surface area contributed by atoms with Crippen LogP contribution in [0.4, 0.5) is 0 Å². The second-order valence-corrected chi connectivity index (χ2v) is 5.46. The van der Waals surface area contributed by atoms with Crippen molar-refractivity contribution in [3.63, 3.8) is 0 Å². The summed E-state index contributed by atoms with van der Waals surface area (Å²) in [4.78, 5) is 24.7. The average Bonchev–Trinajstić information content (AvgIpc) is 3.17. The number of aromatic nitrogens is 2. The van der Waals surface area contributed by atoms with Crippen LogP contribution < -0.4 is 10.6 Å². The normalized spacial score (nSPS) is 11.6. The van der Waals surface area contributed by atoms with E-state index in [1.165, 1.54) is 7.05 Å². The number of likely N-dealkylation sites (N-methyl/N-ethyl adjacent to an activating group) is 1. The Hall–Kier alpha value is -3.41. The van der Waals surface area contributed by atoms with Crippen LogP contribution in [0.1, 0.15) is 22.1 Å². The number of rotatable bonds is 5. The molecule has 0 saturated heterocycles. The molecular weight excluding hydrogens is 316 g/mol. The molecule has 0 aliphatic carbocycles. The molecule has 0 bridgehead atoms. The van der Waals surface area contributed by atoms with Gasteiger partial charge in [-0.3, -0.25) is 14.7 Å². The summed E-state index contributed by atoms with van der Waals surface area (Å²) in [6.07, 6.45) is 0. The molecule has 3 aromatic rings. The van der Waals surface area contributed by atoms with Crippen molar-refractivity contribution in [3.05, 3.63) is 78.0 Å². The van der Waals surface area contributed by atoms with Crippen molar-refractivity contribution < 1.29 is 9.59 Å². The number of amides is 2. The molecule has 3 N–H and O–H groups in total. The van der Waals surface area contributed by atoms with Crippen LogP contribution in [-0.2, 0) is 4.79 Å². The fraction of sp³-hybridized carbons (Fsp3) is 0.105. The summed E-state index contributed by atoms with van der Waals surface area (Å²) in [7, 11) is 1.54. The summed E-state index contributed by atoms with van der Waals surface area (Å²) in [6, 6.07) is 19.5. The minimum Gasteiger partial charge on any atom is -0.357 e. The van der Waals surface area contributed by atoms with Gasteiger partial charge in [0, 0.05) is 12.6 Å². The van der Waals surface area contributed by atoms with Gasteiger partial charge in [-0.1, -0.05) is 60.7 Å². The maximum Gasteiger partial charge on any atom is 0.270 e. The minimum absolute atomic E-state index is 0.289. The number of hydrogen-bond donors (Lipinski definition) is 3. The molecule has 0 aliphatic rings. The van der Waals surface area contributed by atoms with E-state index in [-0.39, 0.29) is 5.91 Å². The number of aromatic amines is 1. The molecule has 0 saturated carbocycles. The van der Waals surface area contributed by atoms with Crippen molar-refractivity contribution >= 4 is 11.8 Å². The number of nitrogens with zero attached hydrogens (tertiary/aromatic N) is 1. The van der Waals surface area contributed by atoms with Crippen molar-refractivity contribution in [3.8, 4) is 11.3 Å². The molecule has 1 heterocycles. The van der Waals surface area contributed by atoms with Gasteiger partial charge < -0.3 is 10.6 Å². The molecule has 0 radical (unpaired) electrons. The fourth-order valence-electron chi connectivity index (χ4n) is 2.49. The molecule has 25 heavy (non-hydrogen) atoms. The van der Waals surface area contributed by atoms with Crippen LogP contribution in [0.15, 0.2) is 66.7 Å². The summed E-state index contributed by atoms with van der Waals surface area (Å²) >= 11 is 0. The number of carbonyl (C=O) groups excluding carboxylic acids is 2. The summed E-state index contributed by atoms with van der Waals surface area (Å²) in [5.41, 5.74) is 2.58. The molecular formula is C19H18N4O2. The van der Waals surface area contributed by atoms with Crippen LogP contribution in [0, 0.1) is 0 Å². The van der Waals surface area contributed by atoms with E-state index in [0.717, 1.165) is 5.56 Å². The highest BCUT2D eigenvalue weighted by molar-refractivity contribution is 5.97. The summed E-state index contributed by atoms with van der Waals surface area (Å²) in [5, 5.41) is 12.2. The van der Waals surface area contributed by atoms with Gasteiger partial charge in [-0.25, -0.2) is 0 Å². The third-order valence-electron chi connectivity index (χ3n) is 3.81. The van der Waals surface area contributed by atoms with Crippen molar-refractivity contribution in [2.75, 3.05) is 7.05 Å². The third-order valence-corrected chi connectivity index (χ3v) is 3.81. The average molecular weight is 334 g/mol. The van der Waals surface area contributed by atoms with E-state index >= 15 is 0 Å². The molecule has 0 spiro atoms. The summed E-state index contributed by atoms with van der Waals surface area (Å²) in [5.74, 6) is -0.686. The van der Waals surface area contributed by atoms with E-state index in [9.17, 15) is 9.59 Å². The molecule has 1 atom stereocenters. The molecule has 126 valence electrons. The van der Waals surface area contributed by atoms with Crippen LogP contribution in [0.25, 0.3) is 11.3 Å². The number of hydrogen-bond acceptors (Lipinski definition) is 3. The van der Waals surface area contributed by atoms with Crippen molar-refractivity contribution in [2.45, 2.75) is 6.04 Å². The zero-order valence-electron chi connectivity index (χ0n) is 13.7. The van der Waals surface area contributed by atoms with Crippen molar-refractivity contribution in [1.82, 2.24) is 20.8 Å². The Morgan fingerprint density at radius 2 is 1.64 bits per heavy atom. The topological polar surface area (TPSA) is 86.9 Å². The van der Waals surface area contributed by atoms with Gasteiger partial charge in [0.2, 0.25) is 5.91 Å². The van der Waals surface area contributed by atoms with Gasteiger partial charge in [-0.2, -0.15) is 5.10 Å². The fourth-order valence-corrected chi connectivity index (χ4v) is 2.49. The molecule has 6 nitrogen and oxygen atoms in total. The van der Waals surface area contributed by atoms with Crippen molar-refractivity contribution in [2.24, 2.45) is 0 Å². The molecule has 2 aromatic carbocycles. The zero-order chi connectivity index (χ0) is 17.6. The molecule has 0 aliphatic heterocycles. The number of nitrogens with one attached hydrogen (secondary N) is 3. The second kappa shape index (κ2) is 7.44. The van der Waals surface area contributed by atoms with Gasteiger partial charge >= 0.3 is 0 Å². The van der Waals surface area contributed by atoms with Gasteiger partial charge in [-0.15, -0.1) is 0 Å². The second-order valence-electron chi connectivity index (χ2n) is 5.46. The van der Waals surface area contributed by atoms with Gasteiger partial charge in [0.1, 0.15) is 11.7 Å². The highest BCUT2D eigenvalue weighted by Crippen LogP contribution is 2.18. The summed E-state index contributed by atoms with van der Waals surface area (Å²) in [6.45, 7) is 0. The first-order chi connectivity index (χ1) is 12.2. The van der Waals surface area contributed by atoms with Crippen LogP contribution in [-0.4, -0.2) is 29.1 Å². The number of H-pyrrole nitrogens is 1. The van der Waals surface area contributed by atoms with E-state index in [2.05, 4.69) is 20.8 Å². The lowest BCUT2D eigenvalue weighted by Gasteiger charge is -2.17. The van der Waals surface area contributed by atoms with E-state index in [0.29, 0.717) is 17.0 Å². The van der Waals surface area contributed by atoms with Crippen LogP contribution in [0.5, 0.6) is 0 Å². The Morgan fingerprint density at radius 3 is 2.28 bits per heavy atom. The summed E-state index contributed by atoms with van der Waals surface area (Å²) < 4.78 is 0. The predicted octanol–water partition coefficient (Wildman–Crippen LogP) is 2.29. The number of carbonyl (C=O) groups is 2. The monoisotopic (exact) mass is 334 g/mol. The van der Waals surface area contributed by atoms with Gasteiger partial charge in [0.05, 0.1) is 5.69 Å². The molecule has 3 rings (SSSR count). The Bertz CT molecular complexity index is 859. The Labute approximate surface area is 145 Å². The highest BCUT2D eigenvalue weighted by atomic mass is 16.2. The third kappa shape index (κ3) is 3.74. The van der Waals surface area contributed by atoms with Crippen LogP contribution >= 0.6 is 0 Å². The first-order valence-electron chi connectivity index (χ1n) is 7.87. The lowest BCUT2D eigenvalue weighted by molar-refractivity contribution is -0.122. The predicted molar refractivity (Wildman–Crippen MR) is 94.7 cm³/mol. The maximum absolute atomic E-state index is 12.5. The van der Waals surface area contributed by atoms with E-state index in [1.807, 2.05) is 48.5 Å². The Morgan fingerprint density at radius 1 is 1.00 bits per heavy atom. The number of benzene rings is 2. The lowest BCUT2D eigenvalue weighted by atomic mass is 10.1. The molecule has 0 unspecified atom stereocenters. The van der Waals surface area contributed by atoms with Gasteiger partial charge in [0.15, 0.2) is 0 Å². The minimum atomic E-state index is -0.776. The van der Waals surface area contributed by atoms with E-state index < -0.39 is 11.9 Å². The largest absolute Gasteiger partial charge is 0.357 e. The Kier molecular flexibility index (Phi) is 4.89. The standard InChI is InChI=1S/C19H18N4O2/c1-20-19(25)17(14-10-6-3-7-11-14)21-18(24)16-12-15(22-23-16)13-8-4-2-5-9-13/h2-12,17H,1H3,(H,20,25)(H,21,24)(H,22,23)/t17-/m0/s1. The SMILES string of the molecule is CNC(=O)[C@@H](NC(=O)c1cc(-c2ccccc2)n[nH]1)c1ccccc1. The lowest BCUT2D eigenvalue weighted by Crippen LogP contribution is -2.39. The zero-order valence-corrected chi connectivity index (χ0v) is 13.7. The molecule has 1 aromatic heterocycles. The molecule has 2 amide bonds. The highest BCUT2D eigenvalue weighted by Gasteiger charge is 2.23. The first kappa shape index (κ1) is 16.4. The quantitative estimate of drug-likeness (QED) is 0.669. The van der Waals surface area contributed by atoms with Crippen molar-refractivity contribution in [1.29, 1.82) is 0 Å². The van der Waals surface area contributed by atoms with Crippen LogP contribution in [0.2, 0.25) is 0 Å². The van der Waals surface area contributed by atoms with Crippen LogP contribution in [0.3, 0.4) is 0 Å². The molecule has 0 fully saturated rings. The smallest absolute Gasteiger partial charge is 0.270 e.